The highest BCUT2D eigenvalue weighted by Gasteiger charge is 2.64. The molecule has 0 saturated carbocycles. The highest BCUT2D eigenvalue weighted by Crippen LogP contribution is 2.37. The van der Waals surface area contributed by atoms with Gasteiger partial charge in [-0.2, -0.15) is 13.2 Å². The van der Waals surface area contributed by atoms with Crippen molar-refractivity contribution in [1.29, 1.82) is 0 Å². The van der Waals surface area contributed by atoms with Gasteiger partial charge in [-0.1, -0.05) is 18.2 Å². The van der Waals surface area contributed by atoms with Crippen LogP contribution in [0.2, 0.25) is 0 Å². The van der Waals surface area contributed by atoms with E-state index in [0.29, 0.717) is 5.75 Å². The van der Waals surface area contributed by atoms with Gasteiger partial charge in [0.05, 0.1) is 26.5 Å². The molecule has 2 aromatic rings. The first-order valence-corrected chi connectivity index (χ1v) is 8.80. The predicted molar refractivity (Wildman–Crippen MR) is 102 cm³/mol. The van der Waals surface area contributed by atoms with E-state index in [1.165, 1.54) is 63.6 Å². The molecule has 30 heavy (non-hydrogen) atoms. The topological polar surface area (TPSA) is 85.9 Å². The molecule has 0 aliphatic heterocycles. The maximum atomic E-state index is 14.2. The molecule has 2 N–H and O–H groups in total. The number of esters is 1. The largest absolute Gasteiger partial charge is 0.497 e. The van der Waals surface area contributed by atoms with E-state index in [-0.39, 0.29) is 23.6 Å². The molecule has 1 amide bonds. The molecule has 2 aromatic carbocycles. The highest BCUT2D eigenvalue weighted by molar-refractivity contribution is 5.99. The van der Waals surface area contributed by atoms with E-state index in [1.54, 1.807) is 11.4 Å². The van der Waals surface area contributed by atoms with Crippen molar-refractivity contribution in [3.8, 4) is 11.5 Å². The Kier molecular flexibility index (Phi) is 7.14. The van der Waals surface area contributed by atoms with Crippen molar-refractivity contribution in [2.75, 3.05) is 26.1 Å². The molecular formula is C20H21F3N2O5. The smallest absolute Gasteiger partial charge is 0.441 e. The summed E-state index contributed by atoms with van der Waals surface area (Å²) in [5.74, 6) is -2.57. The van der Waals surface area contributed by atoms with Gasteiger partial charge in [0.1, 0.15) is 11.5 Å². The lowest BCUT2D eigenvalue weighted by Crippen LogP contribution is -2.69. The molecule has 0 radical (unpaired) electrons. The third-order valence-corrected chi connectivity index (χ3v) is 4.07. The normalized spacial score (nSPS) is 13.0. The van der Waals surface area contributed by atoms with Crippen molar-refractivity contribution >= 4 is 17.6 Å². The van der Waals surface area contributed by atoms with Gasteiger partial charge < -0.3 is 24.8 Å². The molecule has 0 heterocycles. The summed E-state index contributed by atoms with van der Waals surface area (Å²) < 4.78 is 57.5. The van der Waals surface area contributed by atoms with Crippen LogP contribution in [0.15, 0.2) is 48.5 Å². The number of carbonyl (C=O) groups excluding carboxylic acids is 2. The number of halogens is 3. The molecule has 162 valence electrons. The Bertz CT molecular complexity index is 890. The average molecular weight is 426 g/mol. The summed E-state index contributed by atoms with van der Waals surface area (Å²) in [7, 11) is 2.61. The average Bonchev–Trinajstić information content (AvgIpc) is 2.73. The van der Waals surface area contributed by atoms with Crippen LogP contribution in [0.1, 0.15) is 17.3 Å². The Hall–Kier alpha value is -3.43. The zero-order valence-electron chi connectivity index (χ0n) is 16.5. The van der Waals surface area contributed by atoms with Gasteiger partial charge >= 0.3 is 17.8 Å². The van der Waals surface area contributed by atoms with E-state index < -0.39 is 23.7 Å². The van der Waals surface area contributed by atoms with Crippen LogP contribution in [0.4, 0.5) is 18.9 Å². The minimum Gasteiger partial charge on any atom is -0.497 e. The lowest BCUT2D eigenvalue weighted by molar-refractivity contribution is -0.204. The fourth-order valence-corrected chi connectivity index (χ4v) is 2.57. The van der Waals surface area contributed by atoms with Crippen LogP contribution < -0.4 is 20.1 Å². The van der Waals surface area contributed by atoms with Gasteiger partial charge in [0.15, 0.2) is 0 Å². The molecule has 0 aliphatic carbocycles. The molecule has 0 unspecified atom stereocenters. The number of hydrogen-bond donors (Lipinski definition) is 2. The van der Waals surface area contributed by atoms with Crippen LogP contribution in [-0.4, -0.2) is 44.5 Å². The van der Waals surface area contributed by atoms with Crippen molar-refractivity contribution in [3.63, 3.8) is 0 Å². The van der Waals surface area contributed by atoms with Gasteiger partial charge in [-0.05, 0) is 31.2 Å². The summed E-state index contributed by atoms with van der Waals surface area (Å²) in [6, 6.07) is 11.1. The quantitative estimate of drug-likeness (QED) is 0.497. The van der Waals surface area contributed by atoms with Gasteiger partial charge in [-0.15, -0.1) is 0 Å². The van der Waals surface area contributed by atoms with Crippen LogP contribution in [0.25, 0.3) is 0 Å². The van der Waals surface area contributed by atoms with E-state index in [0.717, 1.165) is 0 Å². The number of alkyl halides is 3. The summed E-state index contributed by atoms with van der Waals surface area (Å²) in [5, 5.41) is 3.84. The third kappa shape index (κ3) is 4.76. The van der Waals surface area contributed by atoms with E-state index >= 15 is 0 Å². The first-order valence-electron chi connectivity index (χ1n) is 8.80. The zero-order valence-corrected chi connectivity index (χ0v) is 16.5. The van der Waals surface area contributed by atoms with E-state index in [9.17, 15) is 22.8 Å². The first kappa shape index (κ1) is 22.9. The predicted octanol–water partition coefficient (Wildman–Crippen LogP) is 3.37. The molecule has 0 spiro atoms. The number of methoxy groups -OCH3 is 2. The van der Waals surface area contributed by atoms with Gasteiger partial charge in [0, 0.05) is 11.6 Å². The SMILES string of the molecule is CCOC(=O)[C@](NC(=O)c1ccccc1)(Nc1ccc(OC)cc1OC)C(F)(F)F. The number of carbonyl (C=O) groups is 2. The van der Waals surface area contributed by atoms with Crippen LogP contribution >= 0.6 is 0 Å². The molecule has 0 fully saturated rings. The number of nitrogens with one attached hydrogen (secondary N) is 2. The summed E-state index contributed by atoms with van der Waals surface area (Å²) in [4.78, 5) is 25.1. The molecule has 2 rings (SSSR count). The lowest BCUT2D eigenvalue weighted by atomic mass is 10.1. The van der Waals surface area contributed by atoms with Crippen molar-refractivity contribution in [3.05, 3.63) is 54.1 Å². The Morgan fingerprint density at radius 1 is 1.00 bits per heavy atom. The molecule has 0 aliphatic rings. The van der Waals surface area contributed by atoms with Gasteiger partial charge in [0.2, 0.25) is 0 Å². The summed E-state index contributed by atoms with van der Waals surface area (Å²) in [5.41, 5.74) is -3.85. The number of rotatable bonds is 8. The lowest BCUT2D eigenvalue weighted by Gasteiger charge is -2.35. The van der Waals surface area contributed by atoms with E-state index in [4.69, 9.17) is 9.47 Å². The number of amides is 1. The minimum absolute atomic E-state index is 0.0405. The van der Waals surface area contributed by atoms with Gasteiger partial charge in [-0.3, -0.25) is 4.79 Å². The van der Waals surface area contributed by atoms with Crippen LogP contribution in [0, 0.1) is 0 Å². The molecule has 10 heteroatoms. The number of anilines is 1. The summed E-state index contributed by atoms with van der Waals surface area (Å²) in [6.45, 7) is 1.02. The van der Waals surface area contributed by atoms with Crippen molar-refractivity contribution in [1.82, 2.24) is 5.32 Å². The van der Waals surface area contributed by atoms with Crippen LogP contribution in [0.3, 0.4) is 0 Å². The van der Waals surface area contributed by atoms with E-state index in [1.807, 2.05) is 0 Å². The van der Waals surface area contributed by atoms with Gasteiger partial charge in [-0.25, -0.2) is 4.79 Å². The highest BCUT2D eigenvalue weighted by atomic mass is 19.4. The third-order valence-electron chi connectivity index (χ3n) is 4.07. The second-order valence-corrected chi connectivity index (χ2v) is 5.98. The Labute approximate surface area is 171 Å². The van der Waals surface area contributed by atoms with Crippen molar-refractivity contribution in [2.24, 2.45) is 0 Å². The first-order chi connectivity index (χ1) is 14.2. The fraction of sp³-hybridized carbons (Fsp3) is 0.300. The molecule has 1 atom stereocenters. The molecule has 0 bridgehead atoms. The second-order valence-electron chi connectivity index (χ2n) is 5.98. The molecule has 0 saturated heterocycles. The second kappa shape index (κ2) is 9.38. The standard InChI is InChI=1S/C20H21F3N2O5/c1-4-30-18(27)19(20(21,22)23,25-17(26)13-8-6-5-7-9-13)24-15-11-10-14(28-2)12-16(15)29-3/h5-12,24H,4H2,1-3H3,(H,25,26)/t19-/m1/s1. The molecule has 0 aromatic heterocycles. The Balaban J connectivity index is 2.57. The summed E-state index contributed by atoms with van der Waals surface area (Å²) in [6.07, 6.45) is -5.27. The van der Waals surface area contributed by atoms with Crippen LogP contribution in [-0.2, 0) is 9.53 Å². The molecule has 7 nitrogen and oxygen atoms in total. The fourth-order valence-electron chi connectivity index (χ4n) is 2.57. The number of hydrogen-bond acceptors (Lipinski definition) is 6. The zero-order chi connectivity index (χ0) is 22.4. The Morgan fingerprint density at radius 3 is 2.20 bits per heavy atom. The van der Waals surface area contributed by atoms with Crippen molar-refractivity contribution < 1.29 is 37.0 Å². The van der Waals surface area contributed by atoms with Crippen molar-refractivity contribution in [2.45, 2.75) is 18.8 Å². The van der Waals surface area contributed by atoms with Gasteiger partial charge in [0.25, 0.3) is 5.91 Å². The maximum absolute atomic E-state index is 14.2. The maximum Gasteiger partial charge on any atom is 0.441 e. The van der Waals surface area contributed by atoms with Crippen LogP contribution in [0.5, 0.6) is 11.5 Å². The minimum atomic E-state index is -5.27. The van der Waals surface area contributed by atoms with E-state index in [2.05, 4.69) is 10.1 Å². The monoisotopic (exact) mass is 426 g/mol. The number of ether oxygens (including phenoxy) is 3. The number of benzene rings is 2. The Morgan fingerprint density at radius 2 is 1.67 bits per heavy atom. The molecular weight excluding hydrogens is 405 g/mol. The summed E-state index contributed by atoms with van der Waals surface area (Å²) >= 11 is 0.